The molecule has 2 heterocycles. The predicted molar refractivity (Wildman–Crippen MR) is 81.3 cm³/mol. The molecule has 2 rings (SSSR count). The molecule has 0 aliphatic carbocycles. The Balaban J connectivity index is 1.77. The molecular weight excluding hydrogens is 309 g/mol. The fourth-order valence-corrected chi connectivity index (χ4v) is 2.62. The van der Waals surface area contributed by atoms with Crippen molar-refractivity contribution in [3.63, 3.8) is 0 Å². The molecule has 1 amide bonds. The van der Waals surface area contributed by atoms with Crippen LogP contribution in [0.2, 0.25) is 0 Å². The van der Waals surface area contributed by atoms with E-state index in [0.29, 0.717) is 37.6 Å². The van der Waals surface area contributed by atoms with E-state index in [-0.39, 0.29) is 11.8 Å². The summed E-state index contributed by atoms with van der Waals surface area (Å²) in [5, 5.41) is 5.80. The van der Waals surface area contributed by atoms with Gasteiger partial charge in [-0.15, -0.1) is 0 Å². The first-order valence-corrected chi connectivity index (χ1v) is 7.64. The van der Waals surface area contributed by atoms with E-state index in [9.17, 15) is 18.0 Å². The van der Waals surface area contributed by atoms with E-state index in [1.165, 1.54) is 11.1 Å². The maximum atomic E-state index is 12.3. The molecule has 23 heavy (non-hydrogen) atoms. The SMILES string of the molecule is CCNC(=O)c1ccc(NCC2CCN(CC(F)(F)F)C2)nc1. The van der Waals surface area contributed by atoms with E-state index in [0.717, 1.165) is 6.42 Å². The summed E-state index contributed by atoms with van der Waals surface area (Å²) in [6.45, 7) is 3.02. The largest absolute Gasteiger partial charge is 0.401 e. The molecule has 128 valence electrons. The second-order valence-electron chi connectivity index (χ2n) is 5.68. The number of rotatable bonds is 6. The number of carbonyl (C=O) groups is 1. The van der Waals surface area contributed by atoms with Crippen molar-refractivity contribution in [2.75, 3.05) is 38.0 Å². The fraction of sp³-hybridized carbons (Fsp3) is 0.600. The Morgan fingerprint density at radius 2 is 2.22 bits per heavy atom. The summed E-state index contributed by atoms with van der Waals surface area (Å²) in [6.07, 6.45) is -1.92. The summed E-state index contributed by atoms with van der Waals surface area (Å²) >= 11 is 0. The summed E-state index contributed by atoms with van der Waals surface area (Å²) in [5.74, 6) is 0.611. The van der Waals surface area contributed by atoms with Gasteiger partial charge in [0.05, 0.1) is 12.1 Å². The molecular formula is C15H21F3N4O. The van der Waals surface area contributed by atoms with Crippen molar-refractivity contribution in [3.05, 3.63) is 23.9 Å². The summed E-state index contributed by atoms with van der Waals surface area (Å²) in [4.78, 5) is 17.2. The quantitative estimate of drug-likeness (QED) is 0.839. The maximum Gasteiger partial charge on any atom is 0.401 e. The van der Waals surface area contributed by atoms with Crippen LogP contribution in [0.15, 0.2) is 18.3 Å². The van der Waals surface area contributed by atoms with Crippen molar-refractivity contribution in [2.24, 2.45) is 5.92 Å². The molecule has 0 bridgehead atoms. The highest BCUT2D eigenvalue weighted by atomic mass is 19.4. The molecule has 0 aromatic carbocycles. The first-order valence-electron chi connectivity index (χ1n) is 7.64. The lowest BCUT2D eigenvalue weighted by molar-refractivity contribution is -0.143. The average Bonchev–Trinajstić information content (AvgIpc) is 2.91. The van der Waals surface area contributed by atoms with Crippen LogP contribution in [0.4, 0.5) is 19.0 Å². The van der Waals surface area contributed by atoms with E-state index < -0.39 is 12.7 Å². The number of amides is 1. The van der Waals surface area contributed by atoms with E-state index >= 15 is 0 Å². The molecule has 1 aliphatic heterocycles. The van der Waals surface area contributed by atoms with Gasteiger partial charge >= 0.3 is 6.18 Å². The van der Waals surface area contributed by atoms with Crippen molar-refractivity contribution in [1.82, 2.24) is 15.2 Å². The van der Waals surface area contributed by atoms with E-state index in [1.807, 2.05) is 6.92 Å². The van der Waals surface area contributed by atoms with Gasteiger partial charge in [-0.25, -0.2) is 4.98 Å². The molecule has 1 aromatic heterocycles. The molecule has 1 unspecified atom stereocenters. The Labute approximate surface area is 133 Å². The first kappa shape index (κ1) is 17.5. The molecule has 2 N–H and O–H groups in total. The average molecular weight is 330 g/mol. The smallest absolute Gasteiger partial charge is 0.370 e. The van der Waals surface area contributed by atoms with Crippen LogP contribution in [0.3, 0.4) is 0 Å². The van der Waals surface area contributed by atoms with Crippen LogP contribution in [0.1, 0.15) is 23.7 Å². The lowest BCUT2D eigenvalue weighted by atomic mass is 10.1. The molecule has 1 saturated heterocycles. The number of nitrogens with one attached hydrogen (secondary N) is 2. The number of aromatic nitrogens is 1. The normalized spacial score (nSPS) is 18.9. The lowest BCUT2D eigenvalue weighted by Crippen LogP contribution is -2.33. The Bertz CT molecular complexity index is 518. The molecule has 8 heteroatoms. The second-order valence-corrected chi connectivity index (χ2v) is 5.68. The van der Waals surface area contributed by atoms with Gasteiger partial charge in [-0.1, -0.05) is 0 Å². The van der Waals surface area contributed by atoms with Crippen molar-refractivity contribution >= 4 is 11.7 Å². The van der Waals surface area contributed by atoms with Crippen molar-refractivity contribution in [2.45, 2.75) is 19.5 Å². The number of likely N-dealkylation sites (tertiary alicyclic amines) is 1. The van der Waals surface area contributed by atoms with Gasteiger partial charge in [0, 0.05) is 25.8 Å². The minimum absolute atomic E-state index is 0.169. The minimum Gasteiger partial charge on any atom is -0.370 e. The summed E-state index contributed by atoms with van der Waals surface area (Å²) in [6, 6.07) is 3.37. The Morgan fingerprint density at radius 1 is 1.43 bits per heavy atom. The Morgan fingerprint density at radius 3 is 2.83 bits per heavy atom. The minimum atomic E-state index is -4.14. The highest BCUT2D eigenvalue weighted by Crippen LogP contribution is 2.22. The zero-order chi connectivity index (χ0) is 16.9. The van der Waals surface area contributed by atoms with Gasteiger partial charge < -0.3 is 10.6 Å². The van der Waals surface area contributed by atoms with Crippen LogP contribution in [0, 0.1) is 5.92 Å². The number of hydrogen-bond donors (Lipinski definition) is 2. The number of hydrogen-bond acceptors (Lipinski definition) is 4. The van der Waals surface area contributed by atoms with Crippen LogP contribution in [-0.2, 0) is 0 Å². The molecule has 1 atom stereocenters. The van der Waals surface area contributed by atoms with Gasteiger partial charge in [0.1, 0.15) is 5.82 Å². The first-order chi connectivity index (χ1) is 10.9. The van der Waals surface area contributed by atoms with Crippen LogP contribution in [0.5, 0.6) is 0 Å². The zero-order valence-corrected chi connectivity index (χ0v) is 13.0. The van der Waals surface area contributed by atoms with Crippen LogP contribution in [-0.4, -0.2) is 54.7 Å². The molecule has 1 fully saturated rings. The van der Waals surface area contributed by atoms with Crippen molar-refractivity contribution in [1.29, 1.82) is 0 Å². The third-order valence-corrected chi connectivity index (χ3v) is 3.71. The van der Waals surface area contributed by atoms with Crippen LogP contribution < -0.4 is 10.6 Å². The number of alkyl halides is 3. The van der Waals surface area contributed by atoms with E-state index in [1.54, 1.807) is 12.1 Å². The molecule has 0 spiro atoms. The third-order valence-electron chi connectivity index (χ3n) is 3.71. The highest BCUT2D eigenvalue weighted by Gasteiger charge is 2.34. The third kappa shape index (κ3) is 5.70. The van der Waals surface area contributed by atoms with Gasteiger partial charge in [-0.05, 0) is 37.9 Å². The van der Waals surface area contributed by atoms with E-state index in [4.69, 9.17) is 0 Å². The topological polar surface area (TPSA) is 57.3 Å². The van der Waals surface area contributed by atoms with E-state index in [2.05, 4.69) is 15.6 Å². The summed E-state index contributed by atoms with van der Waals surface area (Å²) in [5.41, 5.74) is 0.481. The standard InChI is InChI=1S/C15H21F3N4O/c1-2-19-14(23)12-3-4-13(21-8-12)20-7-11-5-6-22(9-11)10-15(16,17)18/h3-4,8,11H,2,5-7,9-10H2,1H3,(H,19,23)(H,20,21). The van der Waals surface area contributed by atoms with Gasteiger partial charge in [-0.2, -0.15) is 13.2 Å². The maximum absolute atomic E-state index is 12.3. The van der Waals surface area contributed by atoms with Crippen molar-refractivity contribution in [3.8, 4) is 0 Å². The number of nitrogens with zero attached hydrogens (tertiary/aromatic N) is 2. The summed E-state index contributed by atoms with van der Waals surface area (Å²) < 4.78 is 37.0. The molecule has 0 saturated carbocycles. The Kier molecular flexibility index (Phi) is 5.81. The molecule has 1 aliphatic rings. The highest BCUT2D eigenvalue weighted by molar-refractivity contribution is 5.93. The van der Waals surface area contributed by atoms with Gasteiger partial charge in [0.15, 0.2) is 0 Å². The number of halogens is 3. The number of anilines is 1. The monoisotopic (exact) mass is 330 g/mol. The van der Waals surface area contributed by atoms with Crippen molar-refractivity contribution < 1.29 is 18.0 Å². The lowest BCUT2D eigenvalue weighted by Gasteiger charge is -2.18. The Hall–Kier alpha value is -1.83. The van der Waals surface area contributed by atoms with Gasteiger partial charge in [-0.3, -0.25) is 9.69 Å². The summed E-state index contributed by atoms with van der Waals surface area (Å²) in [7, 11) is 0. The van der Waals surface area contributed by atoms with Crippen LogP contribution >= 0.6 is 0 Å². The van der Waals surface area contributed by atoms with Gasteiger partial charge in [0.2, 0.25) is 0 Å². The molecule has 5 nitrogen and oxygen atoms in total. The zero-order valence-electron chi connectivity index (χ0n) is 13.0. The number of carbonyl (C=O) groups excluding carboxylic acids is 1. The second kappa shape index (κ2) is 7.63. The molecule has 1 aromatic rings. The van der Waals surface area contributed by atoms with Gasteiger partial charge in [0.25, 0.3) is 5.91 Å². The van der Waals surface area contributed by atoms with Crippen LogP contribution in [0.25, 0.3) is 0 Å². The number of pyridine rings is 1. The predicted octanol–water partition coefficient (Wildman–Crippen LogP) is 2.13. The molecule has 0 radical (unpaired) electrons. The fourth-order valence-electron chi connectivity index (χ4n) is 2.62.